The second-order valence-electron chi connectivity index (χ2n) is 3.58. The van der Waals surface area contributed by atoms with E-state index in [0.717, 1.165) is 4.57 Å². The van der Waals surface area contributed by atoms with Crippen LogP contribution >= 0.6 is 0 Å². The van der Waals surface area contributed by atoms with Crippen LogP contribution < -0.4 is 11.2 Å². The van der Waals surface area contributed by atoms with Crippen molar-refractivity contribution in [3.05, 3.63) is 32.6 Å². The third-order valence-electron chi connectivity index (χ3n) is 2.36. The maximum absolute atomic E-state index is 11.5. The SMILES string of the molecule is CC(=O)CCc1cc(=O)n(C)c(=O)n1C. The number of aryl methyl sites for hydroxylation is 1. The molecule has 15 heavy (non-hydrogen) atoms. The summed E-state index contributed by atoms with van der Waals surface area (Å²) in [4.78, 5) is 33.6. The van der Waals surface area contributed by atoms with Crippen LogP contribution in [-0.2, 0) is 25.3 Å². The maximum Gasteiger partial charge on any atom is 0.330 e. The molecule has 0 bridgehead atoms. The Morgan fingerprint density at radius 3 is 2.40 bits per heavy atom. The van der Waals surface area contributed by atoms with E-state index in [2.05, 4.69) is 0 Å². The Hall–Kier alpha value is -1.65. The third kappa shape index (κ3) is 2.43. The third-order valence-corrected chi connectivity index (χ3v) is 2.36. The summed E-state index contributed by atoms with van der Waals surface area (Å²) in [6, 6.07) is 1.39. The number of hydrogen-bond acceptors (Lipinski definition) is 3. The van der Waals surface area contributed by atoms with Gasteiger partial charge >= 0.3 is 5.69 Å². The van der Waals surface area contributed by atoms with E-state index in [1.807, 2.05) is 0 Å². The predicted molar refractivity (Wildman–Crippen MR) is 55.9 cm³/mol. The zero-order valence-corrected chi connectivity index (χ0v) is 9.11. The minimum absolute atomic E-state index is 0.0446. The highest BCUT2D eigenvalue weighted by atomic mass is 16.2. The highest BCUT2D eigenvalue weighted by Gasteiger charge is 2.06. The van der Waals surface area contributed by atoms with Crippen LogP contribution in [0.25, 0.3) is 0 Å². The topological polar surface area (TPSA) is 61.1 Å². The van der Waals surface area contributed by atoms with Gasteiger partial charge < -0.3 is 9.36 Å². The molecule has 5 nitrogen and oxygen atoms in total. The van der Waals surface area contributed by atoms with Crippen molar-refractivity contribution in [3.63, 3.8) is 0 Å². The Bertz CT molecular complexity index is 496. The largest absolute Gasteiger partial charge is 0.330 e. The van der Waals surface area contributed by atoms with Gasteiger partial charge in [-0.3, -0.25) is 9.36 Å². The van der Waals surface area contributed by atoms with E-state index >= 15 is 0 Å². The number of Topliss-reactive ketones (excluding diaryl/α,β-unsaturated/α-hetero) is 1. The van der Waals surface area contributed by atoms with Gasteiger partial charge in [0.2, 0.25) is 0 Å². The van der Waals surface area contributed by atoms with Crippen LogP contribution in [0.1, 0.15) is 19.0 Å². The summed E-state index contributed by atoms with van der Waals surface area (Å²) in [5.74, 6) is 0.0446. The van der Waals surface area contributed by atoms with E-state index in [1.54, 1.807) is 7.05 Å². The van der Waals surface area contributed by atoms with Gasteiger partial charge in [-0.25, -0.2) is 4.79 Å². The smallest absolute Gasteiger partial charge is 0.301 e. The minimum atomic E-state index is -0.360. The first-order chi connectivity index (χ1) is 6.93. The van der Waals surface area contributed by atoms with Crippen LogP contribution in [0.4, 0.5) is 0 Å². The van der Waals surface area contributed by atoms with Gasteiger partial charge in [0.05, 0.1) is 0 Å². The predicted octanol–water partition coefficient (Wildman–Crippen LogP) is -0.394. The summed E-state index contributed by atoms with van der Waals surface area (Å²) in [7, 11) is 3.02. The number of ketones is 1. The molecule has 0 aliphatic carbocycles. The lowest BCUT2D eigenvalue weighted by Crippen LogP contribution is -2.38. The molecule has 1 heterocycles. The summed E-state index contributed by atoms with van der Waals surface area (Å²) in [5, 5.41) is 0. The van der Waals surface area contributed by atoms with Crippen LogP contribution in [0.2, 0.25) is 0 Å². The number of rotatable bonds is 3. The van der Waals surface area contributed by atoms with Gasteiger partial charge in [0, 0.05) is 32.3 Å². The maximum atomic E-state index is 11.5. The van der Waals surface area contributed by atoms with E-state index in [4.69, 9.17) is 0 Å². The first kappa shape index (κ1) is 11.4. The van der Waals surface area contributed by atoms with Crippen molar-refractivity contribution in [2.75, 3.05) is 0 Å². The van der Waals surface area contributed by atoms with E-state index in [1.165, 1.54) is 24.6 Å². The molecule has 1 rings (SSSR count). The number of carbonyl (C=O) groups excluding carboxylic acids is 1. The van der Waals surface area contributed by atoms with Gasteiger partial charge in [0.25, 0.3) is 5.56 Å². The molecule has 0 spiro atoms. The number of nitrogens with zero attached hydrogens (tertiary/aromatic N) is 2. The van der Waals surface area contributed by atoms with Crippen molar-refractivity contribution in [1.29, 1.82) is 0 Å². The number of hydrogen-bond donors (Lipinski definition) is 0. The molecule has 1 aromatic heterocycles. The summed E-state index contributed by atoms with van der Waals surface area (Å²) in [5.41, 5.74) is -0.101. The van der Waals surface area contributed by atoms with E-state index in [0.29, 0.717) is 18.5 Å². The van der Waals surface area contributed by atoms with Gasteiger partial charge in [0.15, 0.2) is 0 Å². The summed E-state index contributed by atoms with van der Waals surface area (Å²) in [6.07, 6.45) is 0.775. The Morgan fingerprint density at radius 1 is 1.27 bits per heavy atom. The highest BCUT2D eigenvalue weighted by Crippen LogP contribution is 1.97. The van der Waals surface area contributed by atoms with Gasteiger partial charge in [-0.05, 0) is 13.3 Å². The second-order valence-corrected chi connectivity index (χ2v) is 3.58. The van der Waals surface area contributed by atoms with Crippen molar-refractivity contribution in [2.45, 2.75) is 19.8 Å². The average molecular weight is 210 g/mol. The lowest BCUT2D eigenvalue weighted by Gasteiger charge is -2.07. The lowest BCUT2D eigenvalue weighted by molar-refractivity contribution is -0.117. The van der Waals surface area contributed by atoms with Crippen LogP contribution in [0.5, 0.6) is 0 Å². The zero-order chi connectivity index (χ0) is 11.6. The van der Waals surface area contributed by atoms with Crippen LogP contribution in [0.3, 0.4) is 0 Å². The van der Waals surface area contributed by atoms with Gasteiger partial charge in [-0.2, -0.15) is 0 Å². The Kier molecular flexibility index (Phi) is 3.24. The van der Waals surface area contributed by atoms with Crippen molar-refractivity contribution < 1.29 is 4.79 Å². The zero-order valence-electron chi connectivity index (χ0n) is 9.11. The fraction of sp³-hybridized carbons (Fsp3) is 0.500. The molecular formula is C10H14N2O3. The summed E-state index contributed by atoms with van der Waals surface area (Å²) in [6.45, 7) is 1.49. The lowest BCUT2D eigenvalue weighted by atomic mass is 10.2. The van der Waals surface area contributed by atoms with Gasteiger partial charge in [-0.1, -0.05) is 0 Å². The van der Waals surface area contributed by atoms with E-state index < -0.39 is 0 Å². The van der Waals surface area contributed by atoms with Crippen molar-refractivity contribution in [2.24, 2.45) is 14.1 Å². The molecule has 0 unspecified atom stereocenters. The molecule has 82 valence electrons. The summed E-state index contributed by atoms with van der Waals surface area (Å²) < 4.78 is 2.43. The standard InChI is InChI=1S/C10H14N2O3/c1-7(13)4-5-8-6-9(14)12(3)10(15)11(8)2/h6H,4-5H2,1-3H3. The first-order valence-electron chi connectivity index (χ1n) is 4.69. The van der Waals surface area contributed by atoms with Crippen molar-refractivity contribution in [1.82, 2.24) is 9.13 Å². The van der Waals surface area contributed by atoms with Crippen LogP contribution in [0.15, 0.2) is 15.7 Å². The molecule has 0 saturated carbocycles. The molecule has 0 amide bonds. The quantitative estimate of drug-likeness (QED) is 0.682. The van der Waals surface area contributed by atoms with Crippen molar-refractivity contribution >= 4 is 5.78 Å². The normalized spacial score (nSPS) is 10.3. The first-order valence-corrected chi connectivity index (χ1v) is 4.69. The average Bonchev–Trinajstić information content (AvgIpc) is 2.18. The molecule has 0 aliphatic heterocycles. The molecule has 0 N–H and O–H groups in total. The fourth-order valence-electron chi connectivity index (χ4n) is 1.32. The Labute approximate surface area is 87.0 Å². The highest BCUT2D eigenvalue weighted by molar-refractivity contribution is 5.75. The van der Waals surface area contributed by atoms with Crippen LogP contribution in [-0.4, -0.2) is 14.9 Å². The second kappa shape index (κ2) is 4.25. The molecule has 0 fully saturated rings. The molecular weight excluding hydrogens is 196 g/mol. The molecule has 5 heteroatoms. The number of aromatic nitrogens is 2. The Balaban J connectivity index is 3.16. The molecule has 0 aromatic carbocycles. The molecule has 0 aliphatic rings. The van der Waals surface area contributed by atoms with Gasteiger partial charge in [0.1, 0.15) is 5.78 Å². The fourth-order valence-corrected chi connectivity index (χ4v) is 1.32. The van der Waals surface area contributed by atoms with Gasteiger partial charge in [-0.15, -0.1) is 0 Å². The molecule has 0 saturated heterocycles. The molecule has 0 atom stereocenters. The van der Waals surface area contributed by atoms with E-state index in [-0.39, 0.29) is 17.0 Å². The van der Waals surface area contributed by atoms with Crippen molar-refractivity contribution in [3.8, 4) is 0 Å². The molecule has 1 aromatic rings. The molecule has 0 radical (unpaired) electrons. The van der Waals surface area contributed by atoms with Crippen LogP contribution in [0, 0.1) is 0 Å². The van der Waals surface area contributed by atoms with E-state index in [9.17, 15) is 14.4 Å². The minimum Gasteiger partial charge on any atom is -0.301 e. The Morgan fingerprint density at radius 2 is 1.87 bits per heavy atom. The summed E-state index contributed by atoms with van der Waals surface area (Å²) >= 11 is 0. The number of carbonyl (C=O) groups is 1. The monoisotopic (exact) mass is 210 g/mol.